The Morgan fingerprint density at radius 2 is 1.82 bits per heavy atom. The lowest BCUT2D eigenvalue weighted by Crippen LogP contribution is -2.46. The summed E-state index contributed by atoms with van der Waals surface area (Å²) in [4.78, 5) is 12.7. The Labute approximate surface area is 133 Å². The summed E-state index contributed by atoms with van der Waals surface area (Å²) < 4.78 is 1.08. The van der Waals surface area contributed by atoms with Gasteiger partial charge in [-0.3, -0.25) is 4.79 Å². The van der Waals surface area contributed by atoms with Gasteiger partial charge >= 0.3 is 0 Å². The van der Waals surface area contributed by atoms with Gasteiger partial charge < -0.3 is 10.4 Å². The quantitative estimate of drug-likeness (QED) is 0.774. The summed E-state index contributed by atoms with van der Waals surface area (Å²) in [6.45, 7) is 1.67. The highest BCUT2D eigenvalue weighted by Crippen LogP contribution is 2.27. The monoisotopic (exact) mass is 311 g/mol. The Bertz CT molecular complexity index is 797. The fourth-order valence-electron chi connectivity index (χ4n) is 2.48. The molecule has 1 amide bonds. The molecular weight excluding hydrogens is 294 g/mol. The zero-order valence-electron chi connectivity index (χ0n) is 12.2. The van der Waals surface area contributed by atoms with E-state index in [1.807, 2.05) is 66.9 Å². The second kappa shape index (κ2) is 5.91. The summed E-state index contributed by atoms with van der Waals surface area (Å²) in [5, 5.41) is 15.6. The Hall–Kier alpha value is -2.17. The van der Waals surface area contributed by atoms with Gasteiger partial charge in [-0.2, -0.15) is 0 Å². The van der Waals surface area contributed by atoms with E-state index in [9.17, 15) is 9.90 Å². The second-order valence-electron chi connectivity index (χ2n) is 5.46. The van der Waals surface area contributed by atoms with Crippen molar-refractivity contribution in [1.29, 1.82) is 0 Å². The van der Waals surface area contributed by atoms with Gasteiger partial charge in [0.05, 0.1) is 17.7 Å². The highest BCUT2D eigenvalue weighted by atomic mass is 32.1. The standard InChI is InChI=1S/C18H17NO2S/c1-18(12-20,13-7-3-2-4-8-13)19-17(21)15-11-22-16-10-6-5-9-14(15)16/h2-11,20H,12H2,1H3,(H,19,21)/t18-/m1/s1. The number of thiophene rings is 1. The van der Waals surface area contributed by atoms with Crippen molar-refractivity contribution in [2.24, 2.45) is 0 Å². The molecule has 22 heavy (non-hydrogen) atoms. The third kappa shape index (κ3) is 2.63. The van der Waals surface area contributed by atoms with E-state index in [1.54, 1.807) is 11.3 Å². The molecule has 0 radical (unpaired) electrons. The van der Waals surface area contributed by atoms with E-state index < -0.39 is 5.54 Å². The number of hydrogen-bond donors (Lipinski definition) is 2. The fraction of sp³-hybridized carbons (Fsp3) is 0.167. The van der Waals surface area contributed by atoms with E-state index in [0.29, 0.717) is 5.56 Å². The third-order valence-electron chi connectivity index (χ3n) is 3.84. The summed E-state index contributed by atoms with van der Waals surface area (Å²) >= 11 is 1.55. The van der Waals surface area contributed by atoms with Crippen LogP contribution in [0.15, 0.2) is 60.0 Å². The molecule has 1 atom stereocenters. The van der Waals surface area contributed by atoms with Gasteiger partial charge in [0, 0.05) is 15.5 Å². The maximum absolute atomic E-state index is 12.7. The molecule has 0 saturated carbocycles. The lowest BCUT2D eigenvalue weighted by Gasteiger charge is -2.29. The highest BCUT2D eigenvalue weighted by Gasteiger charge is 2.28. The third-order valence-corrected chi connectivity index (χ3v) is 4.81. The number of rotatable bonds is 4. The summed E-state index contributed by atoms with van der Waals surface area (Å²) in [6, 6.07) is 17.3. The van der Waals surface area contributed by atoms with Crippen LogP contribution in [0.25, 0.3) is 10.1 Å². The zero-order valence-corrected chi connectivity index (χ0v) is 13.1. The first kappa shape index (κ1) is 14.8. The molecule has 0 bridgehead atoms. The first-order valence-electron chi connectivity index (χ1n) is 7.09. The van der Waals surface area contributed by atoms with Crippen molar-refractivity contribution in [2.45, 2.75) is 12.5 Å². The molecule has 0 aliphatic rings. The summed E-state index contributed by atoms with van der Waals surface area (Å²) in [6.07, 6.45) is 0. The number of fused-ring (bicyclic) bond motifs is 1. The van der Waals surface area contributed by atoms with Crippen LogP contribution in [0, 0.1) is 0 Å². The molecule has 0 fully saturated rings. The van der Waals surface area contributed by atoms with Crippen molar-refractivity contribution >= 4 is 27.3 Å². The van der Waals surface area contributed by atoms with E-state index in [1.165, 1.54) is 0 Å². The molecular formula is C18H17NO2S. The van der Waals surface area contributed by atoms with E-state index in [0.717, 1.165) is 15.6 Å². The molecule has 2 N–H and O–H groups in total. The Morgan fingerprint density at radius 3 is 2.55 bits per heavy atom. The van der Waals surface area contributed by atoms with Gasteiger partial charge in [-0.05, 0) is 18.6 Å². The number of benzene rings is 2. The molecule has 3 rings (SSSR count). The zero-order chi connectivity index (χ0) is 15.6. The van der Waals surface area contributed by atoms with Gasteiger partial charge in [0.1, 0.15) is 0 Å². The minimum Gasteiger partial charge on any atom is -0.394 e. The average Bonchev–Trinajstić information content (AvgIpc) is 2.99. The number of aliphatic hydroxyl groups is 1. The van der Waals surface area contributed by atoms with Crippen LogP contribution in [0.2, 0.25) is 0 Å². The lowest BCUT2D eigenvalue weighted by molar-refractivity contribution is 0.0851. The molecule has 3 aromatic rings. The van der Waals surface area contributed by atoms with Crippen molar-refractivity contribution in [3.63, 3.8) is 0 Å². The van der Waals surface area contributed by atoms with Crippen LogP contribution in [0.4, 0.5) is 0 Å². The largest absolute Gasteiger partial charge is 0.394 e. The van der Waals surface area contributed by atoms with Gasteiger partial charge in [0.2, 0.25) is 0 Å². The molecule has 0 saturated heterocycles. The number of carbonyl (C=O) groups is 1. The molecule has 112 valence electrons. The number of carbonyl (C=O) groups excluding carboxylic acids is 1. The van der Waals surface area contributed by atoms with Crippen LogP contribution in [0.3, 0.4) is 0 Å². The average molecular weight is 311 g/mol. The van der Waals surface area contributed by atoms with Gasteiger partial charge in [-0.15, -0.1) is 11.3 Å². The minimum absolute atomic E-state index is 0.162. The fourth-order valence-corrected chi connectivity index (χ4v) is 3.42. The number of nitrogens with one attached hydrogen (secondary N) is 1. The molecule has 1 heterocycles. The Kier molecular flexibility index (Phi) is 3.96. The van der Waals surface area contributed by atoms with Gasteiger partial charge in [-0.1, -0.05) is 48.5 Å². The molecule has 2 aromatic carbocycles. The van der Waals surface area contributed by atoms with Crippen molar-refractivity contribution in [1.82, 2.24) is 5.32 Å². The SMILES string of the molecule is C[C@](CO)(NC(=O)c1csc2ccccc12)c1ccccc1. The second-order valence-corrected chi connectivity index (χ2v) is 6.37. The molecule has 3 nitrogen and oxygen atoms in total. The number of amides is 1. The van der Waals surface area contributed by atoms with Gasteiger partial charge in [-0.25, -0.2) is 0 Å². The van der Waals surface area contributed by atoms with Crippen molar-refractivity contribution < 1.29 is 9.90 Å². The van der Waals surface area contributed by atoms with Crippen molar-refractivity contribution in [3.8, 4) is 0 Å². The van der Waals surface area contributed by atoms with E-state index in [2.05, 4.69) is 5.32 Å². The molecule has 0 spiro atoms. The maximum Gasteiger partial charge on any atom is 0.253 e. The molecule has 4 heteroatoms. The molecule has 1 aromatic heterocycles. The topological polar surface area (TPSA) is 49.3 Å². The minimum atomic E-state index is -0.804. The first-order chi connectivity index (χ1) is 10.6. The van der Waals surface area contributed by atoms with Gasteiger partial charge in [0.15, 0.2) is 0 Å². The number of hydrogen-bond acceptors (Lipinski definition) is 3. The van der Waals surface area contributed by atoms with Crippen LogP contribution in [-0.4, -0.2) is 17.6 Å². The van der Waals surface area contributed by atoms with Gasteiger partial charge in [0.25, 0.3) is 5.91 Å². The molecule has 0 aliphatic heterocycles. The summed E-state index contributed by atoms with van der Waals surface area (Å²) in [5.74, 6) is -0.169. The van der Waals surface area contributed by atoms with Crippen LogP contribution in [0.1, 0.15) is 22.8 Å². The van der Waals surface area contributed by atoms with E-state index in [-0.39, 0.29) is 12.5 Å². The van der Waals surface area contributed by atoms with Crippen LogP contribution in [-0.2, 0) is 5.54 Å². The maximum atomic E-state index is 12.7. The first-order valence-corrected chi connectivity index (χ1v) is 7.97. The Morgan fingerprint density at radius 1 is 1.14 bits per heavy atom. The normalized spacial score (nSPS) is 13.7. The van der Waals surface area contributed by atoms with Crippen LogP contribution in [0.5, 0.6) is 0 Å². The molecule has 0 unspecified atom stereocenters. The molecule has 0 aliphatic carbocycles. The predicted octanol–water partition coefficient (Wildman–Crippen LogP) is 3.54. The van der Waals surface area contributed by atoms with E-state index in [4.69, 9.17) is 0 Å². The van der Waals surface area contributed by atoms with Crippen molar-refractivity contribution in [2.75, 3.05) is 6.61 Å². The Balaban J connectivity index is 1.92. The van der Waals surface area contributed by atoms with Crippen molar-refractivity contribution in [3.05, 3.63) is 71.1 Å². The van der Waals surface area contributed by atoms with Crippen LogP contribution >= 0.6 is 11.3 Å². The summed E-state index contributed by atoms with van der Waals surface area (Å²) in [7, 11) is 0. The summed E-state index contributed by atoms with van der Waals surface area (Å²) in [5.41, 5.74) is 0.725. The number of aliphatic hydroxyl groups excluding tert-OH is 1. The van der Waals surface area contributed by atoms with Crippen LogP contribution < -0.4 is 5.32 Å². The highest BCUT2D eigenvalue weighted by molar-refractivity contribution is 7.17. The lowest BCUT2D eigenvalue weighted by atomic mass is 9.92. The smallest absolute Gasteiger partial charge is 0.253 e. The predicted molar refractivity (Wildman–Crippen MR) is 90.2 cm³/mol. The van der Waals surface area contributed by atoms with E-state index >= 15 is 0 Å².